The third-order valence-electron chi connectivity index (χ3n) is 3.08. The second-order valence-corrected chi connectivity index (χ2v) is 4.40. The van der Waals surface area contributed by atoms with E-state index in [1.807, 2.05) is 48.7 Å². The van der Waals surface area contributed by atoms with E-state index in [1.165, 1.54) is 0 Å². The standard InChI is InChI=1S/C16H15NO3/c1-18-14-5-3-13(4-6-14)17-9-8-12-2-7-15-16(10-12)20-11-19-15/h2-7,9-10H,8,11H2,1H3. The molecule has 0 radical (unpaired) electrons. The van der Waals surface area contributed by atoms with E-state index in [9.17, 15) is 0 Å². The first-order valence-electron chi connectivity index (χ1n) is 6.40. The van der Waals surface area contributed by atoms with Crippen molar-refractivity contribution in [3.8, 4) is 17.2 Å². The summed E-state index contributed by atoms with van der Waals surface area (Å²) in [6.07, 6.45) is 2.64. The summed E-state index contributed by atoms with van der Waals surface area (Å²) in [4.78, 5) is 4.42. The van der Waals surface area contributed by atoms with Crippen LogP contribution in [0.4, 0.5) is 5.69 Å². The van der Waals surface area contributed by atoms with Crippen molar-refractivity contribution in [1.82, 2.24) is 0 Å². The highest BCUT2D eigenvalue weighted by molar-refractivity contribution is 5.67. The van der Waals surface area contributed by atoms with E-state index in [4.69, 9.17) is 14.2 Å². The van der Waals surface area contributed by atoms with Gasteiger partial charge in [-0.25, -0.2) is 0 Å². The highest BCUT2D eigenvalue weighted by atomic mass is 16.7. The average molecular weight is 269 g/mol. The molecule has 0 saturated heterocycles. The van der Waals surface area contributed by atoms with Crippen molar-refractivity contribution >= 4 is 11.9 Å². The monoisotopic (exact) mass is 269 g/mol. The Bertz CT molecular complexity index is 620. The fourth-order valence-corrected chi connectivity index (χ4v) is 1.99. The van der Waals surface area contributed by atoms with E-state index in [1.54, 1.807) is 7.11 Å². The molecule has 0 amide bonds. The third-order valence-corrected chi connectivity index (χ3v) is 3.08. The summed E-state index contributed by atoms with van der Waals surface area (Å²) in [5.41, 5.74) is 2.05. The molecule has 4 nitrogen and oxygen atoms in total. The maximum atomic E-state index is 5.35. The summed E-state index contributed by atoms with van der Waals surface area (Å²) >= 11 is 0. The Kier molecular flexibility index (Phi) is 3.54. The van der Waals surface area contributed by atoms with Gasteiger partial charge in [0.15, 0.2) is 11.5 Å². The van der Waals surface area contributed by atoms with Crippen LogP contribution in [-0.4, -0.2) is 20.1 Å². The van der Waals surface area contributed by atoms with Gasteiger partial charge in [0.1, 0.15) is 5.75 Å². The van der Waals surface area contributed by atoms with E-state index < -0.39 is 0 Å². The van der Waals surface area contributed by atoms with Crippen molar-refractivity contribution < 1.29 is 14.2 Å². The zero-order chi connectivity index (χ0) is 13.8. The Hall–Kier alpha value is -2.49. The van der Waals surface area contributed by atoms with Crippen molar-refractivity contribution in [3.63, 3.8) is 0 Å². The van der Waals surface area contributed by atoms with Crippen LogP contribution in [0.15, 0.2) is 47.5 Å². The molecule has 4 heteroatoms. The van der Waals surface area contributed by atoms with E-state index in [-0.39, 0.29) is 0 Å². The maximum Gasteiger partial charge on any atom is 0.231 e. The van der Waals surface area contributed by atoms with Crippen molar-refractivity contribution in [2.45, 2.75) is 6.42 Å². The number of nitrogens with zero attached hydrogens (tertiary/aromatic N) is 1. The second kappa shape index (κ2) is 5.65. The lowest BCUT2D eigenvalue weighted by molar-refractivity contribution is 0.174. The zero-order valence-electron chi connectivity index (χ0n) is 11.2. The summed E-state index contributed by atoms with van der Waals surface area (Å²) < 4.78 is 15.7. The molecular formula is C16H15NO3. The number of aliphatic imine (C=N–C) groups is 1. The van der Waals surface area contributed by atoms with Gasteiger partial charge in [-0.15, -0.1) is 0 Å². The molecule has 2 aromatic carbocycles. The van der Waals surface area contributed by atoms with Crippen molar-refractivity contribution in [1.29, 1.82) is 0 Å². The summed E-state index contributed by atoms with van der Waals surface area (Å²) in [6.45, 7) is 0.304. The predicted molar refractivity (Wildman–Crippen MR) is 77.4 cm³/mol. The van der Waals surface area contributed by atoms with Gasteiger partial charge in [-0.05, 0) is 42.0 Å². The summed E-state index contributed by atoms with van der Waals surface area (Å²) in [5.74, 6) is 2.45. The summed E-state index contributed by atoms with van der Waals surface area (Å²) in [7, 11) is 1.65. The summed E-state index contributed by atoms with van der Waals surface area (Å²) in [5, 5.41) is 0. The van der Waals surface area contributed by atoms with Crippen LogP contribution in [0.3, 0.4) is 0 Å². The molecule has 0 aromatic heterocycles. The quantitative estimate of drug-likeness (QED) is 0.799. The molecule has 0 aliphatic carbocycles. The van der Waals surface area contributed by atoms with Crippen LogP contribution >= 0.6 is 0 Å². The van der Waals surface area contributed by atoms with Gasteiger partial charge >= 0.3 is 0 Å². The van der Waals surface area contributed by atoms with E-state index in [0.29, 0.717) is 6.79 Å². The fraction of sp³-hybridized carbons (Fsp3) is 0.188. The lowest BCUT2D eigenvalue weighted by Gasteiger charge is -2.00. The minimum Gasteiger partial charge on any atom is -0.497 e. The van der Waals surface area contributed by atoms with Crippen molar-refractivity contribution in [2.75, 3.05) is 13.9 Å². The van der Waals surface area contributed by atoms with Crippen molar-refractivity contribution in [3.05, 3.63) is 48.0 Å². The first kappa shape index (κ1) is 12.5. The number of fused-ring (bicyclic) bond motifs is 1. The normalized spacial score (nSPS) is 12.8. The van der Waals surface area contributed by atoms with Gasteiger partial charge in [0.2, 0.25) is 6.79 Å². The molecule has 1 aliphatic heterocycles. The topological polar surface area (TPSA) is 40.0 Å². The number of hydrogen-bond acceptors (Lipinski definition) is 4. The lowest BCUT2D eigenvalue weighted by Crippen LogP contribution is -1.93. The first-order valence-corrected chi connectivity index (χ1v) is 6.40. The van der Waals surface area contributed by atoms with Crippen LogP contribution in [0.5, 0.6) is 17.2 Å². The van der Waals surface area contributed by atoms with Gasteiger partial charge in [-0.3, -0.25) is 4.99 Å². The van der Waals surface area contributed by atoms with Crippen LogP contribution in [0.25, 0.3) is 0 Å². The molecule has 0 atom stereocenters. The minimum absolute atomic E-state index is 0.304. The maximum absolute atomic E-state index is 5.35. The molecule has 1 heterocycles. The van der Waals surface area contributed by atoms with E-state index in [2.05, 4.69) is 4.99 Å². The Morgan fingerprint density at radius 3 is 2.70 bits per heavy atom. The van der Waals surface area contributed by atoms with Crippen LogP contribution in [0.2, 0.25) is 0 Å². The second-order valence-electron chi connectivity index (χ2n) is 4.40. The van der Waals surface area contributed by atoms with Crippen LogP contribution in [-0.2, 0) is 6.42 Å². The Morgan fingerprint density at radius 2 is 1.90 bits per heavy atom. The molecule has 0 saturated carbocycles. The molecule has 0 unspecified atom stereocenters. The van der Waals surface area contributed by atoms with Crippen molar-refractivity contribution in [2.24, 2.45) is 4.99 Å². The van der Waals surface area contributed by atoms with Gasteiger partial charge in [-0.2, -0.15) is 0 Å². The Balaban J connectivity index is 1.64. The molecule has 0 bridgehead atoms. The molecule has 2 aromatic rings. The third kappa shape index (κ3) is 2.74. The fourth-order valence-electron chi connectivity index (χ4n) is 1.99. The molecule has 20 heavy (non-hydrogen) atoms. The highest BCUT2D eigenvalue weighted by Crippen LogP contribution is 2.32. The first-order chi connectivity index (χ1) is 9.85. The molecular weight excluding hydrogens is 254 g/mol. The molecule has 0 fully saturated rings. The van der Waals surface area contributed by atoms with Crippen LogP contribution < -0.4 is 14.2 Å². The van der Waals surface area contributed by atoms with Crippen LogP contribution in [0, 0.1) is 0 Å². The number of benzene rings is 2. The minimum atomic E-state index is 0.304. The van der Waals surface area contributed by atoms with Gasteiger partial charge < -0.3 is 14.2 Å². The van der Waals surface area contributed by atoms with E-state index in [0.717, 1.165) is 34.9 Å². The SMILES string of the molecule is COc1ccc(N=CCc2ccc3c(c2)OCO3)cc1. The van der Waals surface area contributed by atoms with E-state index >= 15 is 0 Å². The molecule has 0 N–H and O–H groups in total. The zero-order valence-corrected chi connectivity index (χ0v) is 11.2. The Labute approximate surface area is 117 Å². The number of methoxy groups -OCH3 is 1. The molecule has 102 valence electrons. The lowest BCUT2D eigenvalue weighted by atomic mass is 10.1. The van der Waals surface area contributed by atoms with Gasteiger partial charge in [0, 0.05) is 12.6 Å². The van der Waals surface area contributed by atoms with Crippen LogP contribution in [0.1, 0.15) is 5.56 Å². The van der Waals surface area contributed by atoms with Gasteiger partial charge in [0.25, 0.3) is 0 Å². The Morgan fingerprint density at radius 1 is 1.10 bits per heavy atom. The summed E-state index contributed by atoms with van der Waals surface area (Å²) in [6, 6.07) is 13.6. The number of rotatable bonds is 4. The largest absolute Gasteiger partial charge is 0.497 e. The predicted octanol–water partition coefficient (Wildman–Crippen LogP) is 3.37. The number of hydrogen-bond donors (Lipinski definition) is 0. The molecule has 0 spiro atoms. The van der Waals surface area contributed by atoms with Gasteiger partial charge in [-0.1, -0.05) is 6.07 Å². The number of ether oxygens (including phenoxy) is 3. The van der Waals surface area contributed by atoms with Gasteiger partial charge in [0.05, 0.1) is 12.8 Å². The highest BCUT2D eigenvalue weighted by Gasteiger charge is 2.12. The smallest absolute Gasteiger partial charge is 0.231 e. The molecule has 3 rings (SSSR count). The average Bonchev–Trinajstić information content (AvgIpc) is 2.95. The molecule has 1 aliphatic rings.